The van der Waals surface area contributed by atoms with E-state index in [0.717, 1.165) is 25.1 Å². The van der Waals surface area contributed by atoms with Crippen LogP contribution in [-0.4, -0.2) is 70.9 Å². The van der Waals surface area contributed by atoms with E-state index >= 15 is 0 Å². The number of amides is 3. The zero-order chi connectivity index (χ0) is 21.3. The molecule has 2 N–H and O–H groups in total. The van der Waals surface area contributed by atoms with Crippen molar-refractivity contribution in [3.8, 4) is 0 Å². The highest BCUT2D eigenvalue weighted by atomic mass is 16.2. The Morgan fingerprint density at radius 1 is 1.03 bits per heavy atom. The van der Waals surface area contributed by atoms with Crippen molar-refractivity contribution in [3.63, 3.8) is 0 Å². The van der Waals surface area contributed by atoms with Crippen LogP contribution in [0.4, 0.5) is 5.69 Å². The van der Waals surface area contributed by atoms with Gasteiger partial charge < -0.3 is 20.1 Å². The minimum absolute atomic E-state index is 0.120. The van der Waals surface area contributed by atoms with Crippen LogP contribution in [-0.2, 0) is 11.8 Å². The normalized spacial score (nSPS) is 20.4. The molecule has 158 valence electrons. The van der Waals surface area contributed by atoms with Crippen LogP contribution in [0.15, 0.2) is 42.6 Å². The molecule has 30 heavy (non-hydrogen) atoms. The molecule has 4 rings (SSSR count). The number of anilines is 1. The second kappa shape index (κ2) is 8.31. The standard InChI is InChI=1S/C22H27N5O3/c1-24-15-16(20(23)28)14-19(24)21(29)26-12-10-25(11-13-26)18-8-5-9-27(22(18)30)17-6-3-2-4-7-17/h2-4,6-7,14-15,18H,5,8-13H2,1H3,(H2,23,28)/t18-/m0/s1. The predicted molar refractivity (Wildman–Crippen MR) is 113 cm³/mol. The van der Waals surface area contributed by atoms with Crippen molar-refractivity contribution >= 4 is 23.4 Å². The molecule has 2 aliphatic rings. The summed E-state index contributed by atoms with van der Waals surface area (Å²) >= 11 is 0. The van der Waals surface area contributed by atoms with Gasteiger partial charge >= 0.3 is 0 Å². The third-order valence-electron chi connectivity index (χ3n) is 6.03. The van der Waals surface area contributed by atoms with E-state index in [9.17, 15) is 14.4 Å². The zero-order valence-corrected chi connectivity index (χ0v) is 17.2. The third kappa shape index (κ3) is 3.82. The molecule has 2 aromatic rings. The van der Waals surface area contributed by atoms with Gasteiger partial charge in [-0.1, -0.05) is 18.2 Å². The van der Waals surface area contributed by atoms with Crippen LogP contribution in [0.1, 0.15) is 33.7 Å². The molecule has 2 aliphatic heterocycles. The quantitative estimate of drug-likeness (QED) is 0.818. The molecular formula is C22H27N5O3. The maximum atomic E-state index is 13.1. The fourth-order valence-electron chi connectivity index (χ4n) is 4.37. The Labute approximate surface area is 175 Å². The first kappa shape index (κ1) is 20.2. The molecular weight excluding hydrogens is 382 g/mol. The molecule has 0 saturated carbocycles. The van der Waals surface area contributed by atoms with E-state index in [1.54, 1.807) is 28.8 Å². The molecule has 8 nitrogen and oxygen atoms in total. The first-order valence-electron chi connectivity index (χ1n) is 10.3. The Bertz CT molecular complexity index is 947. The van der Waals surface area contributed by atoms with Gasteiger partial charge in [-0.3, -0.25) is 19.3 Å². The molecule has 3 amide bonds. The number of benzene rings is 1. The lowest BCUT2D eigenvalue weighted by atomic mass is 10.0. The number of carbonyl (C=O) groups is 3. The largest absolute Gasteiger partial charge is 0.366 e. The van der Waals surface area contributed by atoms with Crippen molar-refractivity contribution in [1.29, 1.82) is 0 Å². The average Bonchev–Trinajstić information content (AvgIpc) is 3.16. The van der Waals surface area contributed by atoms with Crippen LogP contribution < -0.4 is 10.6 Å². The van der Waals surface area contributed by atoms with Gasteiger partial charge in [0, 0.05) is 51.7 Å². The summed E-state index contributed by atoms with van der Waals surface area (Å²) in [5.41, 5.74) is 7.03. The fraction of sp³-hybridized carbons (Fsp3) is 0.409. The topological polar surface area (TPSA) is 91.9 Å². The molecule has 0 spiro atoms. The molecule has 0 unspecified atom stereocenters. The number of hydrogen-bond acceptors (Lipinski definition) is 4. The van der Waals surface area contributed by atoms with Gasteiger partial charge in [-0.05, 0) is 31.0 Å². The zero-order valence-electron chi connectivity index (χ0n) is 17.2. The van der Waals surface area contributed by atoms with Crippen molar-refractivity contribution < 1.29 is 14.4 Å². The molecule has 1 aromatic heterocycles. The van der Waals surface area contributed by atoms with Crippen molar-refractivity contribution in [3.05, 3.63) is 53.9 Å². The molecule has 1 aromatic carbocycles. The fourth-order valence-corrected chi connectivity index (χ4v) is 4.37. The monoisotopic (exact) mass is 409 g/mol. The molecule has 2 saturated heterocycles. The summed E-state index contributed by atoms with van der Waals surface area (Å²) in [5, 5.41) is 0. The van der Waals surface area contributed by atoms with Crippen molar-refractivity contribution in [1.82, 2.24) is 14.4 Å². The van der Waals surface area contributed by atoms with Gasteiger partial charge in [-0.2, -0.15) is 0 Å². The van der Waals surface area contributed by atoms with Crippen LogP contribution in [0, 0.1) is 0 Å². The van der Waals surface area contributed by atoms with E-state index in [1.807, 2.05) is 35.2 Å². The smallest absolute Gasteiger partial charge is 0.270 e. The minimum Gasteiger partial charge on any atom is -0.366 e. The van der Waals surface area contributed by atoms with Crippen LogP contribution in [0.3, 0.4) is 0 Å². The number of piperidine rings is 1. The molecule has 8 heteroatoms. The van der Waals surface area contributed by atoms with Crippen molar-refractivity contribution in [2.75, 3.05) is 37.6 Å². The first-order valence-corrected chi connectivity index (χ1v) is 10.3. The van der Waals surface area contributed by atoms with Crippen molar-refractivity contribution in [2.45, 2.75) is 18.9 Å². The summed E-state index contributed by atoms with van der Waals surface area (Å²) in [6.45, 7) is 3.14. The van der Waals surface area contributed by atoms with E-state index in [-0.39, 0.29) is 17.9 Å². The number of primary amides is 1. The van der Waals surface area contributed by atoms with Crippen LogP contribution in [0.5, 0.6) is 0 Å². The number of carbonyl (C=O) groups excluding carboxylic acids is 3. The molecule has 0 aliphatic carbocycles. The van der Waals surface area contributed by atoms with Gasteiger partial charge in [0.05, 0.1) is 11.6 Å². The predicted octanol–water partition coefficient (Wildman–Crippen LogP) is 1.08. The highest BCUT2D eigenvalue weighted by Gasteiger charge is 2.36. The summed E-state index contributed by atoms with van der Waals surface area (Å²) < 4.78 is 1.64. The minimum atomic E-state index is -0.548. The van der Waals surface area contributed by atoms with E-state index < -0.39 is 5.91 Å². The van der Waals surface area contributed by atoms with Gasteiger partial charge in [-0.15, -0.1) is 0 Å². The van der Waals surface area contributed by atoms with E-state index in [0.29, 0.717) is 37.4 Å². The molecule has 0 bridgehead atoms. The summed E-state index contributed by atoms with van der Waals surface area (Å²) in [6.07, 6.45) is 3.38. The highest BCUT2D eigenvalue weighted by molar-refractivity contribution is 5.99. The van der Waals surface area contributed by atoms with E-state index in [4.69, 9.17) is 5.73 Å². The summed E-state index contributed by atoms with van der Waals surface area (Å²) in [7, 11) is 1.73. The Morgan fingerprint density at radius 3 is 2.37 bits per heavy atom. The van der Waals surface area contributed by atoms with Crippen LogP contribution in [0.25, 0.3) is 0 Å². The molecule has 0 radical (unpaired) electrons. The first-order chi connectivity index (χ1) is 14.5. The lowest BCUT2D eigenvalue weighted by Crippen LogP contribution is -2.58. The van der Waals surface area contributed by atoms with Gasteiger partial charge in [0.25, 0.3) is 5.91 Å². The van der Waals surface area contributed by atoms with Crippen molar-refractivity contribution in [2.24, 2.45) is 12.8 Å². The lowest BCUT2D eigenvalue weighted by molar-refractivity contribution is -0.126. The maximum absolute atomic E-state index is 13.1. The van der Waals surface area contributed by atoms with Gasteiger partial charge in [0.2, 0.25) is 11.8 Å². The molecule has 1 atom stereocenters. The molecule has 3 heterocycles. The number of piperazine rings is 1. The third-order valence-corrected chi connectivity index (χ3v) is 6.03. The lowest BCUT2D eigenvalue weighted by Gasteiger charge is -2.42. The number of hydrogen-bond donors (Lipinski definition) is 1. The second-order valence-corrected chi connectivity index (χ2v) is 7.90. The number of aryl methyl sites for hydroxylation is 1. The summed E-state index contributed by atoms with van der Waals surface area (Å²) in [6, 6.07) is 11.2. The average molecular weight is 409 g/mol. The van der Waals surface area contributed by atoms with Crippen LogP contribution >= 0.6 is 0 Å². The highest BCUT2D eigenvalue weighted by Crippen LogP contribution is 2.24. The Hall–Kier alpha value is -3.13. The second-order valence-electron chi connectivity index (χ2n) is 7.90. The Balaban J connectivity index is 1.40. The molecule has 2 fully saturated rings. The van der Waals surface area contributed by atoms with E-state index in [2.05, 4.69) is 4.90 Å². The Morgan fingerprint density at radius 2 is 1.73 bits per heavy atom. The SMILES string of the molecule is Cn1cc(C(N)=O)cc1C(=O)N1CCN([C@H]2CCCN(c3ccccc3)C2=O)CC1. The Kier molecular flexibility index (Phi) is 5.59. The number of rotatable bonds is 4. The number of aromatic nitrogens is 1. The number of para-hydroxylation sites is 1. The van der Waals surface area contributed by atoms with E-state index in [1.165, 1.54) is 0 Å². The summed E-state index contributed by atoms with van der Waals surface area (Å²) in [4.78, 5) is 43.3. The number of nitrogens with two attached hydrogens (primary N) is 1. The van der Waals surface area contributed by atoms with Gasteiger partial charge in [0.1, 0.15) is 5.69 Å². The van der Waals surface area contributed by atoms with Crippen LogP contribution in [0.2, 0.25) is 0 Å². The van der Waals surface area contributed by atoms with Gasteiger partial charge in [0.15, 0.2) is 0 Å². The number of nitrogens with zero attached hydrogens (tertiary/aromatic N) is 4. The maximum Gasteiger partial charge on any atom is 0.270 e. The summed E-state index contributed by atoms with van der Waals surface area (Å²) in [5.74, 6) is -0.528. The van der Waals surface area contributed by atoms with Gasteiger partial charge in [-0.25, -0.2) is 0 Å².